The van der Waals surface area contributed by atoms with Crippen LogP contribution in [0.4, 0.5) is 0 Å². The summed E-state index contributed by atoms with van der Waals surface area (Å²) in [5, 5.41) is 9.43. The molecule has 0 saturated carbocycles. The highest BCUT2D eigenvalue weighted by Crippen LogP contribution is 2.28. The van der Waals surface area contributed by atoms with Gasteiger partial charge in [0.1, 0.15) is 5.69 Å². The predicted molar refractivity (Wildman–Crippen MR) is 105 cm³/mol. The van der Waals surface area contributed by atoms with Gasteiger partial charge in [0.05, 0.1) is 6.54 Å². The molecule has 0 N–H and O–H groups in total. The van der Waals surface area contributed by atoms with E-state index in [0.717, 1.165) is 23.0 Å². The van der Waals surface area contributed by atoms with Gasteiger partial charge in [-0.3, -0.25) is 4.79 Å². The highest BCUT2D eigenvalue weighted by molar-refractivity contribution is 5.97. The minimum Gasteiger partial charge on any atom is -0.419 e. The van der Waals surface area contributed by atoms with Gasteiger partial charge in [-0.1, -0.05) is 62.4 Å². The van der Waals surface area contributed by atoms with Crippen molar-refractivity contribution >= 4 is 16.7 Å². The molecule has 27 heavy (non-hydrogen) atoms. The van der Waals surface area contributed by atoms with E-state index in [9.17, 15) is 4.79 Å². The smallest absolute Gasteiger partial charge is 0.264 e. The summed E-state index contributed by atoms with van der Waals surface area (Å²) in [5.41, 5.74) is 2.43. The SMILES string of the molecule is CC(C)Cc1nnc(-c2cc3ccccc3n2CC(=O)c2ccccc2)o1. The predicted octanol–water partition coefficient (Wildman–Crippen LogP) is 4.77. The lowest BCUT2D eigenvalue weighted by Crippen LogP contribution is -2.11. The van der Waals surface area contributed by atoms with Crippen molar-refractivity contribution in [1.29, 1.82) is 0 Å². The number of ketones is 1. The Bertz CT molecular complexity index is 1080. The van der Waals surface area contributed by atoms with E-state index in [4.69, 9.17) is 4.42 Å². The number of hydrogen-bond acceptors (Lipinski definition) is 4. The zero-order chi connectivity index (χ0) is 18.8. The molecular formula is C22H21N3O2. The molecule has 0 aliphatic rings. The minimum atomic E-state index is 0.0418. The Morgan fingerprint density at radius 1 is 1.04 bits per heavy atom. The van der Waals surface area contributed by atoms with E-state index in [1.165, 1.54) is 0 Å². The van der Waals surface area contributed by atoms with E-state index in [1.54, 1.807) is 0 Å². The van der Waals surface area contributed by atoms with E-state index in [1.807, 2.05) is 65.2 Å². The number of carbonyl (C=O) groups is 1. The van der Waals surface area contributed by atoms with Crippen LogP contribution in [0, 0.1) is 5.92 Å². The van der Waals surface area contributed by atoms with E-state index in [-0.39, 0.29) is 12.3 Å². The molecule has 2 aromatic heterocycles. The van der Waals surface area contributed by atoms with Gasteiger partial charge in [-0.05, 0) is 18.1 Å². The monoisotopic (exact) mass is 359 g/mol. The van der Waals surface area contributed by atoms with Crippen molar-refractivity contribution < 1.29 is 9.21 Å². The molecule has 0 amide bonds. The van der Waals surface area contributed by atoms with Gasteiger partial charge in [0.2, 0.25) is 5.89 Å². The zero-order valence-corrected chi connectivity index (χ0v) is 15.4. The van der Waals surface area contributed by atoms with Crippen LogP contribution in [0.5, 0.6) is 0 Å². The lowest BCUT2D eigenvalue weighted by atomic mass is 10.1. The molecule has 0 aliphatic carbocycles. The highest BCUT2D eigenvalue weighted by atomic mass is 16.4. The molecule has 5 nitrogen and oxygen atoms in total. The third-order valence-corrected chi connectivity index (χ3v) is 4.48. The molecule has 0 spiro atoms. The van der Waals surface area contributed by atoms with Gasteiger partial charge in [-0.15, -0.1) is 10.2 Å². The Morgan fingerprint density at radius 2 is 1.78 bits per heavy atom. The summed E-state index contributed by atoms with van der Waals surface area (Å²) in [7, 11) is 0. The van der Waals surface area contributed by atoms with Gasteiger partial charge in [-0.2, -0.15) is 0 Å². The molecule has 0 saturated heterocycles. The average molecular weight is 359 g/mol. The fraction of sp³-hybridized carbons (Fsp3) is 0.227. The first-order valence-corrected chi connectivity index (χ1v) is 9.11. The first-order chi connectivity index (χ1) is 13.1. The van der Waals surface area contributed by atoms with Crippen molar-refractivity contribution in [2.24, 2.45) is 5.92 Å². The van der Waals surface area contributed by atoms with Crippen molar-refractivity contribution in [3.8, 4) is 11.6 Å². The molecule has 5 heteroatoms. The summed E-state index contributed by atoms with van der Waals surface area (Å²) >= 11 is 0. The van der Waals surface area contributed by atoms with E-state index in [0.29, 0.717) is 23.3 Å². The number of hydrogen-bond donors (Lipinski definition) is 0. The van der Waals surface area contributed by atoms with E-state index < -0.39 is 0 Å². The van der Waals surface area contributed by atoms with Crippen molar-refractivity contribution in [2.45, 2.75) is 26.8 Å². The molecule has 0 fully saturated rings. The number of nitrogens with zero attached hydrogens (tertiary/aromatic N) is 3. The lowest BCUT2D eigenvalue weighted by Gasteiger charge is -2.08. The molecule has 0 atom stereocenters. The molecule has 0 radical (unpaired) electrons. The van der Waals surface area contributed by atoms with Crippen molar-refractivity contribution in [3.05, 3.63) is 72.1 Å². The van der Waals surface area contributed by atoms with Gasteiger partial charge in [-0.25, -0.2) is 0 Å². The van der Waals surface area contributed by atoms with Crippen molar-refractivity contribution in [2.75, 3.05) is 0 Å². The topological polar surface area (TPSA) is 60.9 Å². The van der Waals surface area contributed by atoms with Crippen LogP contribution in [0.3, 0.4) is 0 Å². The molecule has 2 aromatic carbocycles. The summed E-state index contributed by atoms with van der Waals surface area (Å²) in [5.74, 6) is 1.54. The molecular weight excluding hydrogens is 338 g/mol. The summed E-state index contributed by atoms with van der Waals surface area (Å²) in [4.78, 5) is 12.8. The fourth-order valence-electron chi connectivity index (χ4n) is 3.21. The molecule has 0 aliphatic heterocycles. The van der Waals surface area contributed by atoms with Crippen LogP contribution < -0.4 is 0 Å². The molecule has 2 heterocycles. The standard InChI is InChI=1S/C22H21N3O2/c1-15(2)12-21-23-24-22(27-21)19-13-17-10-6-7-11-18(17)25(19)14-20(26)16-8-4-3-5-9-16/h3-11,13,15H,12,14H2,1-2H3. The van der Waals surface area contributed by atoms with Crippen LogP contribution in [-0.4, -0.2) is 20.5 Å². The Labute approximate surface area is 157 Å². The number of para-hydroxylation sites is 1. The Balaban J connectivity index is 1.76. The summed E-state index contributed by atoms with van der Waals surface area (Å²) in [6.45, 7) is 4.44. The van der Waals surface area contributed by atoms with Crippen LogP contribution in [0.1, 0.15) is 30.1 Å². The van der Waals surface area contributed by atoms with Crippen LogP contribution in [0.15, 0.2) is 65.1 Å². The van der Waals surface area contributed by atoms with Gasteiger partial charge < -0.3 is 8.98 Å². The Kier molecular flexibility index (Phi) is 4.59. The van der Waals surface area contributed by atoms with E-state index in [2.05, 4.69) is 24.0 Å². The first kappa shape index (κ1) is 17.2. The second-order valence-electron chi connectivity index (χ2n) is 7.06. The lowest BCUT2D eigenvalue weighted by molar-refractivity contribution is 0.0974. The highest BCUT2D eigenvalue weighted by Gasteiger charge is 2.19. The average Bonchev–Trinajstić information content (AvgIpc) is 3.27. The first-order valence-electron chi connectivity index (χ1n) is 9.11. The van der Waals surface area contributed by atoms with Crippen LogP contribution in [0.2, 0.25) is 0 Å². The van der Waals surface area contributed by atoms with Crippen molar-refractivity contribution in [1.82, 2.24) is 14.8 Å². The summed E-state index contributed by atoms with van der Waals surface area (Å²) in [6.07, 6.45) is 0.732. The van der Waals surface area contributed by atoms with Crippen LogP contribution in [-0.2, 0) is 13.0 Å². The van der Waals surface area contributed by atoms with Gasteiger partial charge >= 0.3 is 0 Å². The number of aromatic nitrogens is 3. The van der Waals surface area contributed by atoms with Gasteiger partial charge in [0.15, 0.2) is 5.78 Å². The number of Topliss-reactive ketones (excluding diaryl/α,β-unsaturated/α-hetero) is 1. The van der Waals surface area contributed by atoms with Crippen LogP contribution in [0.25, 0.3) is 22.5 Å². The Hall–Kier alpha value is -3.21. The second-order valence-corrected chi connectivity index (χ2v) is 7.06. The fourth-order valence-corrected chi connectivity index (χ4v) is 3.21. The molecule has 136 valence electrons. The van der Waals surface area contributed by atoms with Crippen molar-refractivity contribution in [3.63, 3.8) is 0 Å². The summed E-state index contributed by atoms with van der Waals surface area (Å²) < 4.78 is 7.84. The number of benzene rings is 2. The third kappa shape index (κ3) is 3.53. The van der Waals surface area contributed by atoms with Gasteiger partial charge in [0, 0.05) is 22.9 Å². The largest absolute Gasteiger partial charge is 0.419 e. The maximum Gasteiger partial charge on any atom is 0.264 e. The number of rotatable bonds is 6. The minimum absolute atomic E-state index is 0.0418. The maximum absolute atomic E-state index is 12.8. The third-order valence-electron chi connectivity index (χ3n) is 4.48. The number of carbonyl (C=O) groups excluding carboxylic acids is 1. The Morgan fingerprint density at radius 3 is 2.56 bits per heavy atom. The van der Waals surface area contributed by atoms with Crippen LogP contribution >= 0.6 is 0 Å². The van der Waals surface area contributed by atoms with E-state index >= 15 is 0 Å². The number of fused-ring (bicyclic) bond motifs is 1. The quantitative estimate of drug-likeness (QED) is 0.465. The molecule has 0 unspecified atom stereocenters. The normalized spacial score (nSPS) is 11.4. The zero-order valence-electron chi connectivity index (χ0n) is 15.4. The maximum atomic E-state index is 12.8. The molecule has 4 rings (SSSR count). The van der Waals surface area contributed by atoms with Gasteiger partial charge in [0.25, 0.3) is 5.89 Å². The molecule has 0 bridgehead atoms. The second kappa shape index (κ2) is 7.19. The summed E-state index contributed by atoms with van der Waals surface area (Å²) in [6, 6.07) is 19.3. The molecule has 4 aromatic rings.